The Morgan fingerprint density at radius 2 is 1.88 bits per heavy atom. The lowest BCUT2D eigenvalue weighted by Gasteiger charge is -2.36. The zero-order valence-electron chi connectivity index (χ0n) is 14.0. The summed E-state index contributed by atoms with van der Waals surface area (Å²) < 4.78 is 29.4. The standard InChI is InChI=1S/C16H17F2N5O3/c1-11-19-5-4-15(20-11)22-8-6-21(7-9-22)12-2-3-13(23(24)25)14(10-12)26-16(17)18/h2-5,10,16H,6-9H2,1H3. The van der Waals surface area contributed by atoms with Crippen LogP contribution in [0.5, 0.6) is 5.75 Å². The Kier molecular flexibility index (Phi) is 5.10. The molecule has 138 valence electrons. The number of ether oxygens (including phenoxy) is 1. The number of halogens is 2. The number of hydrogen-bond donors (Lipinski definition) is 0. The van der Waals surface area contributed by atoms with Crippen molar-refractivity contribution in [2.75, 3.05) is 36.0 Å². The first-order valence-electron chi connectivity index (χ1n) is 7.97. The number of rotatable bonds is 5. The Hall–Kier alpha value is -3.04. The zero-order valence-corrected chi connectivity index (χ0v) is 14.0. The number of aryl methyl sites for hydroxylation is 1. The molecule has 0 unspecified atom stereocenters. The zero-order chi connectivity index (χ0) is 18.7. The second kappa shape index (κ2) is 7.46. The Labute approximate surface area is 148 Å². The summed E-state index contributed by atoms with van der Waals surface area (Å²) in [5, 5.41) is 11.0. The van der Waals surface area contributed by atoms with Crippen LogP contribution in [0.4, 0.5) is 26.0 Å². The number of anilines is 2. The molecule has 1 saturated heterocycles. The number of hydrogen-bond acceptors (Lipinski definition) is 7. The molecule has 1 aromatic carbocycles. The number of nitro benzene ring substituents is 1. The van der Waals surface area contributed by atoms with E-state index in [0.717, 1.165) is 5.82 Å². The lowest BCUT2D eigenvalue weighted by molar-refractivity contribution is -0.386. The summed E-state index contributed by atoms with van der Waals surface area (Å²) in [6.45, 7) is 1.30. The van der Waals surface area contributed by atoms with Gasteiger partial charge in [0.1, 0.15) is 11.6 Å². The van der Waals surface area contributed by atoms with Crippen LogP contribution in [-0.2, 0) is 0 Å². The number of benzene rings is 1. The van der Waals surface area contributed by atoms with Gasteiger partial charge < -0.3 is 14.5 Å². The van der Waals surface area contributed by atoms with Crippen LogP contribution in [0.3, 0.4) is 0 Å². The molecule has 2 heterocycles. The van der Waals surface area contributed by atoms with E-state index in [0.29, 0.717) is 37.7 Å². The van der Waals surface area contributed by atoms with Crippen LogP contribution in [0.2, 0.25) is 0 Å². The molecule has 0 bridgehead atoms. The Balaban J connectivity index is 1.73. The first-order chi connectivity index (χ1) is 12.4. The summed E-state index contributed by atoms with van der Waals surface area (Å²) in [5.74, 6) is 1.09. The van der Waals surface area contributed by atoms with Crippen LogP contribution in [0.25, 0.3) is 0 Å². The molecule has 0 amide bonds. The predicted molar refractivity (Wildman–Crippen MR) is 90.9 cm³/mol. The second-order valence-corrected chi connectivity index (χ2v) is 5.72. The van der Waals surface area contributed by atoms with E-state index in [2.05, 4.69) is 19.6 Å². The average Bonchev–Trinajstić information content (AvgIpc) is 2.61. The highest BCUT2D eigenvalue weighted by Crippen LogP contribution is 2.33. The van der Waals surface area contributed by atoms with Gasteiger partial charge in [0.25, 0.3) is 0 Å². The largest absolute Gasteiger partial charge is 0.427 e. The Morgan fingerprint density at radius 1 is 1.19 bits per heavy atom. The van der Waals surface area contributed by atoms with E-state index >= 15 is 0 Å². The van der Waals surface area contributed by atoms with Crippen LogP contribution < -0.4 is 14.5 Å². The van der Waals surface area contributed by atoms with Gasteiger partial charge in [-0.25, -0.2) is 9.97 Å². The van der Waals surface area contributed by atoms with E-state index in [1.54, 1.807) is 12.3 Å². The fourth-order valence-electron chi connectivity index (χ4n) is 2.85. The summed E-state index contributed by atoms with van der Waals surface area (Å²) >= 11 is 0. The van der Waals surface area contributed by atoms with Crippen molar-refractivity contribution in [1.82, 2.24) is 9.97 Å². The maximum absolute atomic E-state index is 12.5. The molecule has 1 aliphatic heterocycles. The molecule has 0 radical (unpaired) electrons. The molecule has 0 saturated carbocycles. The third-order valence-corrected chi connectivity index (χ3v) is 4.09. The molecule has 2 aromatic rings. The number of aromatic nitrogens is 2. The van der Waals surface area contributed by atoms with Gasteiger partial charge in [-0.05, 0) is 19.1 Å². The smallest absolute Gasteiger partial charge is 0.387 e. The van der Waals surface area contributed by atoms with Gasteiger partial charge in [0.2, 0.25) is 5.75 Å². The van der Waals surface area contributed by atoms with E-state index in [4.69, 9.17) is 0 Å². The lowest BCUT2D eigenvalue weighted by Crippen LogP contribution is -2.46. The number of piperazine rings is 1. The highest BCUT2D eigenvalue weighted by Gasteiger charge is 2.23. The highest BCUT2D eigenvalue weighted by atomic mass is 19.3. The van der Waals surface area contributed by atoms with Gasteiger partial charge in [-0.3, -0.25) is 10.1 Å². The second-order valence-electron chi connectivity index (χ2n) is 5.72. The normalized spacial score (nSPS) is 14.6. The lowest BCUT2D eigenvalue weighted by atomic mass is 10.2. The SMILES string of the molecule is Cc1nccc(N2CCN(c3ccc([N+](=O)[O-])c(OC(F)F)c3)CC2)n1. The number of alkyl halides is 2. The molecular weight excluding hydrogens is 348 g/mol. The van der Waals surface area contributed by atoms with Crippen molar-refractivity contribution in [3.8, 4) is 5.75 Å². The van der Waals surface area contributed by atoms with Gasteiger partial charge in [-0.1, -0.05) is 0 Å². The van der Waals surface area contributed by atoms with E-state index in [1.807, 2.05) is 17.9 Å². The predicted octanol–water partition coefficient (Wildman–Crippen LogP) is 2.62. The summed E-state index contributed by atoms with van der Waals surface area (Å²) in [7, 11) is 0. The van der Waals surface area contributed by atoms with Gasteiger partial charge in [-0.2, -0.15) is 8.78 Å². The first-order valence-corrected chi connectivity index (χ1v) is 7.97. The van der Waals surface area contributed by atoms with E-state index in [-0.39, 0.29) is 0 Å². The van der Waals surface area contributed by atoms with E-state index in [1.165, 1.54) is 12.1 Å². The Bertz CT molecular complexity index is 797. The fourth-order valence-corrected chi connectivity index (χ4v) is 2.85. The maximum Gasteiger partial charge on any atom is 0.387 e. The maximum atomic E-state index is 12.5. The van der Waals surface area contributed by atoms with Crippen molar-refractivity contribution in [3.05, 3.63) is 46.4 Å². The molecular formula is C16H17F2N5O3. The fraction of sp³-hybridized carbons (Fsp3) is 0.375. The molecule has 1 fully saturated rings. The van der Waals surface area contributed by atoms with Crippen molar-refractivity contribution in [2.24, 2.45) is 0 Å². The highest BCUT2D eigenvalue weighted by molar-refractivity contribution is 5.60. The third-order valence-electron chi connectivity index (χ3n) is 4.09. The molecule has 1 aromatic heterocycles. The summed E-state index contributed by atoms with van der Waals surface area (Å²) in [6, 6.07) is 5.85. The van der Waals surface area contributed by atoms with Crippen molar-refractivity contribution in [2.45, 2.75) is 13.5 Å². The van der Waals surface area contributed by atoms with Crippen molar-refractivity contribution >= 4 is 17.2 Å². The number of nitro groups is 1. The molecule has 26 heavy (non-hydrogen) atoms. The molecule has 0 spiro atoms. The molecule has 0 N–H and O–H groups in total. The molecule has 8 nitrogen and oxygen atoms in total. The first kappa shape index (κ1) is 17.8. The Morgan fingerprint density at radius 3 is 2.50 bits per heavy atom. The average molecular weight is 365 g/mol. The van der Waals surface area contributed by atoms with Gasteiger partial charge in [-0.15, -0.1) is 0 Å². The van der Waals surface area contributed by atoms with Gasteiger partial charge in [0, 0.05) is 50.2 Å². The van der Waals surface area contributed by atoms with E-state index < -0.39 is 23.0 Å². The van der Waals surface area contributed by atoms with Crippen molar-refractivity contribution in [3.63, 3.8) is 0 Å². The summed E-state index contributed by atoms with van der Waals surface area (Å²) in [5.41, 5.74) is 0.119. The number of nitrogens with zero attached hydrogens (tertiary/aromatic N) is 5. The minimum absolute atomic E-state index is 0.434. The summed E-state index contributed by atoms with van der Waals surface area (Å²) in [6.07, 6.45) is 1.70. The van der Waals surface area contributed by atoms with Crippen molar-refractivity contribution < 1.29 is 18.4 Å². The minimum atomic E-state index is -3.12. The molecule has 1 aliphatic rings. The van der Waals surface area contributed by atoms with Gasteiger partial charge >= 0.3 is 12.3 Å². The molecule has 3 rings (SSSR count). The van der Waals surface area contributed by atoms with Crippen LogP contribution in [-0.4, -0.2) is 47.7 Å². The molecule has 0 atom stereocenters. The van der Waals surface area contributed by atoms with E-state index in [9.17, 15) is 18.9 Å². The van der Waals surface area contributed by atoms with Crippen molar-refractivity contribution in [1.29, 1.82) is 0 Å². The third kappa shape index (κ3) is 3.95. The van der Waals surface area contributed by atoms with Crippen LogP contribution in [0, 0.1) is 17.0 Å². The topological polar surface area (TPSA) is 84.6 Å². The summed E-state index contributed by atoms with van der Waals surface area (Å²) in [4.78, 5) is 22.8. The van der Waals surface area contributed by atoms with Crippen LogP contribution >= 0.6 is 0 Å². The van der Waals surface area contributed by atoms with Gasteiger partial charge in [0.15, 0.2) is 0 Å². The van der Waals surface area contributed by atoms with Gasteiger partial charge in [0.05, 0.1) is 4.92 Å². The minimum Gasteiger partial charge on any atom is -0.427 e. The quantitative estimate of drug-likeness (QED) is 0.595. The van der Waals surface area contributed by atoms with Crippen LogP contribution in [0.15, 0.2) is 30.5 Å². The van der Waals surface area contributed by atoms with Crippen LogP contribution in [0.1, 0.15) is 5.82 Å². The molecule has 0 aliphatic carbocycles. The monoisotopic (exact) mass is 365 g/mol. The molecule has 10 heteroatoms.